The summed E-state index contributed by atoms with van der Waals surface area (Å²) in [6.07, 6.45) is 2.65. The first kappa shape index (κ1) is 24.7. The number of hydrogen-bond donors (Lipinski definition) is 3. The molecule has 1 amide bonds. The van der Waals surface area contributed by atoms with Crippen molar-refractivity contribution in [2.45, 2.75) is 46.7 Å². The molecular formula is C21H36IN5O. The molecule has 3 N–H and O–H groups in total. The molecule has 1 fully saturated rings. The van der Waals surface area contributed by atoms with Crippen LogP contribution in [0.3, 0.4) is 0 Å². The number of halogens is 1. The van der Waals surface area contributed by atoms with E-state index in [1.807, 2.05) is 20.8 Å². The fourth-order valence-corrected chi connectivity index (χ4v) is 2.99. The maximum Gasteiger partial charge on any atom is 0.225 e. The van der Waals surface area contributed by atoms with Gasteiger partial charge in [-0.15, -0.1) is 24.0 Å². The quantitative estimate of drug-likeness (QED) is 0.233. The average Bonchev–Trinajstić information content (AvgIpc) is 3.14. The van der Waals surface area contributed by atoms with Crippen LogP contribution in [0.2, 0.25) is 0 Å². The fourth-order valence-electron chi connectivity index (χ4n) is 2.99. The minimum Gasteiger partial charge on any atom is -0.355 e. The Balaban J connectivity index is 0.00000392. The number of amides is 1. The summed E-state index contributed by atoms with van der Waals surface area (Å²) in [7, 11) is 1.75. The summed E-state index contributed by atoms with van der Waals surface area (Å²) in [4.78, 5) is 18.6. The summed E-state index contributed by atoms with van der Waals surface area (Å²) in [5.41, 5.74) is 2.24. The van der Waals surface area contributed by atoms with Gasteiger partial charge in [-0.2, -0.15) is 0 Å². The lowest BCUT2D eigenvalue weighted by Gasteiger charge is -2.18. The van der Waals surface area contributed by atoms with Crippen LogP contribution in [0.25, 0.3) is 0 Å². The summed E-state index contributed by atoms with van der Waals surface area (Å²) in [6.45, 7) is 11.2. The second kappa shape index (κ2) is 12.3. The molecule has 0 bridgehead atoms. The zero-order chi connectivity index (χ0) is 19.7. The van der Waals surface area contributed by atoms with Gasteiger partial charge in [0.2, 0.25) is 5.91 Å². The minimum atomic E-state index is -0.360. The molecule has 0 aliphatic carbocycles. The number of benzene rings is 1. The van der Waals surface area contributed by atoms with Crippen molar-refractivity contribution in [3.05, 3.63) is 35.4 Å². The van der Waals surface area contributed by atoms with Gasteiger partial charge in [0.1, 0.15) is 0 Å². The van der Waals surface area contributed by atoms with Crippen LogP contribution in [0, 0.1) is 5.41 Å². The van der Waals surface area contributed by atoms with E-state index in [0.717, 1.165) is 19.0 Å². The first-order valence-electron chi connectivity index (χ1n) is 9.91. The third kappa shape index (κ3) is 8.77. The van der Waals surface area contributed by atoms with E-state index < -0.39 is 0 Å². The molecule has 0 unspecified atom stereocenters. The highest BCUT2D eigenvalue weighted by atomic mass is 127. The number of likely N-dealkylation sites (tertiary alicyclic amines) is 1. The van der Waals surface area contributed by atoms with E-state index >= 15 is 0 Å². The number of guanidine groups is 1. The summed E-state index contributed by atoms with van der Waals surface area (Å²) in [5, 5.41) is 9.46. The van der Waals surface area contributed by atoms with E-state index in [1.54, 1.807) is 7.05 Å². The second-order valence-corrected chi connectivity index (χ2v) is 8.16. The topological polar surface area (TPSA) is 68.8 Å². The van der Waals surface area contributed by atoms with Crippen molar-refractivity contribution in [1.29, 1.82) is 0 Å². The predicted octanol–water partition coefficient (Wildman–Crippen LogP) is 2.73. The summed E-state index contributed by atoms with van der Waals surface area (Å²) >= 11 is 0. The summed E-state index contributed by atoms with van der Waals surface area (Å²) in [5.74, 6) is 0.794. The highest BCUT2D eigenvalue weighted by Gasteiger charge is 2.20. The molecule has 0 radical (unpaired) electrons. The van der Waals surface area contributed by atoms with Crippen molar-refractivity contribution >= 4 is 35.8 Å². The van der Waals surface area contributed by atoms with Gasteiger partial charge in [0, 0.05) is 38.6 Å². The maximum atomic E-state index is 11.8. The number of nitrogens with zero attached hydrogens (tertiary/aromatic N) is 2. The van der Waals surface area contributed by atoms with Gasteiger partial charge in [-0.3, -0.25) is 14.7 Å². The van der Waals surface area contributed by atoms with E-state index in [2.05, 4.69) is 50.1 Å². The maximum absolute atomic E-state index is 11.8. The van der Waals surface area contributed by atoms with E-state index in [0.29, 0.717) is 13.1 Å². The summed E-state index contributed by atoms with van der Waals surface area (Å²) in [6, 6.07) is 8.78. The third-order valence-electron chi connectivity index (χ3n) is 4.70. The van der Waals surface area contributed by atoms with Crippen LogP contribution in [0.15, 0.2) is 29.3 Å². The lowest BCUT2D eigenvalue weighted by Crippen LogP contribution is -2.43. The average molecular weight is 501 g/mol. The van der Waals surface area contributed by atoms with E-state index in [-0.39, 0.29) is 35.3 Å². The summed E-state index contributed by atoms with van der Waals surface area (Å²) < 4.78 is 0. The molecule has 0 aromatic heterocycles. The van der Waals surface area contributed by atoms with Crippen LogP contribution in [0.5, 0.6) is 0 Å². The van der Waals surface area contributed by atoms with Crippen molar-refractivity contribution in [2.24, 2.45) is 10.4 Å². The number of carbonyl (C=O) groups excluding carboxylic acids is 1. The van der Waals surface area contributed by atoms with Crippen molar-refractivity contribution in [3.63, 3.8) is 0 Å². The van der Waals surface area contributed by atoms with Crippen LogP contribution >= 0.6 is 24.0 Å². The standard InChI is InChI=1S/C21H35N5O.HI/c1-21(2,3)19(27)23-11-12-24-20(22-4)25-15-17-7-9-18(10-8-17)16-26-13-5-6-14-26;/h7-10H,5-6,11-16H2,1-4H3,(H,23,27)(H2,22,24,25);1H. The zero-order valence-corrected chi connectivity index (χ0v) is 20.0. The van der Waals surface area contributed by atoms with Crippen LogP contribution in [0.4, 0.5) is 0 Å². The van der Waals surface area contributed by atoms with E-state index in [4.69, 9.17) is 0 Å². The number of nitrogens with one attached hydrogen (secondary N) is 3. The number of carbonyl (C=O) groups is 1. The molecule has 6 nitrogen and oxygen atoms in total. The molecule has 7 heteroatoms. The number of rotatable bonds is 7. The van der Waals surface area contributed by atoms with Crippen molar-refractivity contribution < 1.29 is 4.79 Å². The normalized spacial score (nSPS) is 15.1. The van der Waals surface area contributed by atoms with Crippen LogP contribution in [-0.2, 0) is 17.9 Å². The third-order valence-corrected chi connectivity index (χ3v) is 4.70. The molecule has 1 heterocycles. The van der Waals surface area contributed by atoms with E-state index in [9.17, 15) is 4.79 Å². The van der Waals surface area contributed by atoms with Crippen LogP contribution < -0.4 is 16.0 Å². The molecule has 0 spiro atoms. The molecule has 1 aliphatic heterocycles. The molecule has 158 valence electrons. The largest absolute Gasteiger partial charge is 0.355 e. The molecule has 2 rings (SSSR count). The molecule has 0 saturated carbocycles. The minimum absolute atomic E-state index is 0. The molecular weight excluding hydrogens is 465 g/mol. The van der Waals surface area contributed by atoms with Gasteiger partial charge in [0.15, 0.2) is 5.96 Å². The molecule has 1 aliphatic rings. The SMILES string of the molecule is CN=C(NCCNC(=O)C(C)(C)C)NCc1ccc(CN2CCCC2)cc1.I. The van der Waals surface area contributed by atoms with Gasteiger partial charge in [-0.1, -0.05) is 45.0 Å². The Morgan fingerprint density at radius 2 is 1.57 bits per heavy atom. The Labute approximate surface area is 187 Å². The van der Waals surface area contributed by atoms with Gasteiger partial charge in [0.05, 0.1) is 0 Å². The van der Waals surface area contributed by atoms with Crippen LogP contribution in [0.1, 0.15) is 44.7 Å². The lowest BCUT2D eigenvalue weighted by atomic mass is 9.96. The Bertz CT molecular complexity index is 619. The Morgan fingerprint density at radius 3 is 2.14 bits per heavy atom. The highest BCUT2D eigenvalue weighted by molar-refractivity contribution is 14.0. The Kier molecular flexibility index (Phi) is 10.8. The van der Waals surface area contributed by atoms with Crippen molar-refractivity contribution in [3.8, 4) is 0 Å². The first-order chi connectivity index (χ1) is 12.9. The highest BCUT2D eigenvalue weighted by Crippen LogP contribution is 2.13. The Morgan fingerprint density at radius 1 is 1.00 bits per heavy atom. The Hall–Kier alpha value is -1.35. The first-order valence-corrected chi connectivity index (χ1v) is 9.91. The fraction of sp³-hybridized carbons (Fsp3) is 0.619. The van der Waals surface area contributed by atoms with E-state index in [1.165, 1.54) is 37.1 Å². The number of aliphatic imine (C=N–C) groups is 1. The molecule has 1 aromatic carbocycles. The van der Waals surface area contributed by atoms with Gasteiger partial charge >= 0.3 is 0 Å². The second-order valence-electron chi connectivity index (χ2n) is 8.16. The molecule has 28 heavy (non-hydrogen) atoms. The monoisotopic (exact) mass is 501 g/mol. The van der Waals surface area contributed by atoms with Gasteiger partial charge in [0.25, 0.3) is 0 Å². The lowest BCUT2D eigenvalue weighted by molar-refractivity contribution is -0.128. The zero-order valence-electron chi connectivity index (χ0n) is 17.7. The van der Waals surface area contributed by atoms with Crippen molar-refractivity contribution in [2.75, 3.05) is 33.2 Å². The van der Waals surface area contributed by atoms with Crippen molar-refractivity contribution in [1.82, 2.24) is 20.9 Å². The predicted molar refractivity (Wildman–Crippen MR) is 127 cm³/mol. The van der Waals surface area contributed by atoms with Gasteiger partial charge < -0.3 is 16.0 Å². The van der Waals surface area contributed by atoms with Gasteiger partial charge in [-0.25, -0.2) is 0 Å². The van der Waals surface area contributed by atoms with Gasteiger partial charge in [-0.05, 0) is 37.1 Å². The molecule has 1 aromatic rings. The smallest absolute Gasteiger partial charge is 0.225 e. The molecule has 0 atom stereocenters. The molecule has 1 saturated heterocycles. The van der Waals surface area contributed by atoms with Crippen LogP contribution in [-0.4, -0.2) is 50.0 Å². The number of hydrogen-bond acceptors (Lipinski definition) is 3.